The van der Waals surface area contributed by atoms with Crippen LogP contribution >= 0.6 is 0 Å². The third-order valence-corrected chi connectivity index (χ3v) is 10.4. The van der Waals surface area contributed by atoms with Crippen molar-refractivity contribution in [3.63, 3.8) is 0 Å². The van der Waals surface area contributed by atoms with Gasteiger partial charge in [0.1, 0.15) is 0 Å². The second-order valence-electron chi connectivity index (χ2n) is 11.2. The van der Waals surface area contributed by atoms with Crippen molar-refractivity contribution >= 4 is 0 Å². The van der Waals surface area contributed by atoms with Gasteiger partial charge in [0.05, 0.1) is 0 Å². The first-order valence-electron chi connectivity index (χ1n) is 11.4. The number of allylic oxidation sites excluding steroid dienone is 1. The summed E-state index contributed by atoms with van der Waals surface area (Å²) in [4.78, 5) is 5.17. The number of nitrogens with zero attached hydrogens (tertiary/aromatic N) is 2. The van der Waals surface area contributed by atoms with Crippen molar-refractivity contribution in [3.05, 3.63) is 11.6 Å². The van der Waals surface area contributed by atoms with Crippen LogP contribution in [0.2, 0.25) is 0 Å². The fourth-order valence-electron chi connectivity index (χ4n) is 8.88. The summed E-state index contributed by atoms with van der Waals surface area (Å²) in [5.41, 5.74) is 3.04. The highest BCUT2D eigenvalue weighted by atomic mass is 15.2. The molecule has 2 heteroatoms. The predicted octanol–water partition coefficient (Wildman–Crippen LogP) is 4.81. The van der Waals surface area contributed by atoms with Crippen LogP contribution in [-0.2, 0) is 0 Å². The maximum absolute atomic E-state index is 2.74. The minimum absolute atomic E-state index is 0.519. The number of likely N-dealkylation sites (tertiary alicyclic amines) is 1. The van der Waals surface area contributed by atoms with E-state index in [9.17, 15) is 0 Å². The second kappa shape index (κ2) is 5.83. The van der Waals surface area contributed by atoms with Gasteiger partial charge in [-0.2, -0.15) is 0 Å². The normalized spacial score (nSPS) is 53.7. The zero-order valence-electron chi connectivity index (χ0n) is 17.8. The highest BCUT2D eigenvalue weighted by Crippen LogP contribution is 2.68. The Morgan fingerprint density at radius 2 is 1.81 bits per heavy atom. The number of hydrogen-bond acceptors (Lipinski definition) is 2. The average Bonchev–Trinajstić information content (AvgIpc) is 3.08. The molecule has 0 unspecified atom stereocenters. The van der Waals surface area contributed by atoms with Crippen LogP contribution in [0.4, 0.5) is 0 Å². The lowest BCUT2D eigenvalue weighted by atomic mass is 9.47. The van der Waals surface area contributed by atoms with E-state index in [-0.39, 0.29) is 0 Å². The summed E-state index contributed by atoms with van der Waals surface area (Å²) in [6.07, 6.45) is 14.4. The summed E-state index contributed by atoms with van der Waals surface area (Å²) in [7, 11) is 6.95. The van der Waals surface area contributed by atoms with Gasteiger partial charge in [-0.05, 0) is 114 Å². The van der Waals surface area contributed by atoms with E-state index >= 15 is 0 Å². The molecule has 0 bridgehead atoms. The maximum atomic E-state index is 2.74. The van der Waals surface area contributed by atoms with E-state index in [0.717, 1.165) is 35.8 Å². The van der Waals surface area contributed by atoms with Crippen LogP contribution in [0.15, 0.2) is 11.6 Å². The van der Waals surface area contributed by atoms with Gasteiger partial charge in [0, 0.05) is 18.6 Å². The first-order valence-corrected chi connectivity index (χ1v) is 11.4. The molecule has 5 aliphatic rings. The standard InChI is InChI=1S/C24H40N2/c1-16-20-8-9-22-19-7-6-17-14-18(25(3)4)10-12-23(17,2)21(19)11-13-24(20,22)15-26(16)5/h6,16,18-22H,7-15H2,1-5H3/t16-,18+,19+,20+,21-,22-,23-,24-/m0/s1. The Kier molecular flexibility index (Phi) is 3.98. The monoisotopic (exact) mass is 356 g/mol. The van der Waals surface area contributed by atoms with E-state index in [1.165, 1.54) is 57.9 Å². The van der Waals surface area contributed by atoms with Crippen LogP contribution in [0.3, 0.4) is 0 Å². The van der Waals surface area contributed by atoms with Gasteiger partial charge in [-0.25, -0.2) is 0 Å². The minimum Gasteiger partial charge on any atom is -0.306 e. The van der Waals surface area contributed by atoms with E-state index in [2.05, 4.69) is 50.9 Å². The molecule has 146 valence electrons. The van der Waals surface area contributed by atoms with Crippen molar-refractivity contribution in [2.75, 3.05) is 27.7 Å². The SMILES string of the molecule is C[C@H]1[C@H]2CC[C@H]3[C@@H]4CC=C5C[C@H](N(C)C)CC[C@]5(C)[C@H]4CC[C@]23CN1C. The number of rotatable bonds is 1. The summed E-state index contributed by atoms with van der Waals surface area (Å²) in [5, 5.41) is 0. The molecule has 2 nitrogen and oxygen atoms in total. The molecule has 4 fully saturated rings. The lowest BCUT2D eigenvalue weighted by molar-refractivity contribution is -0.0430. The molecule has 1 saturated heterocycles. The lowest BCUT2D eigenvalue weighted by Crippen LogP contribution is -2.52. The Labute approximate surface area is 161 Å². The molecular weight excluding hydrogens is 316 g/mol. The molecule has 1 aliphatic heterocycles. The number of fused-ring (bicyclic) bond motifs is 4. The first kappa shape index (κ1) is 17.7. The van der Waals surface area contributed by atoms with Crippen LogP contribution < -0.4 is 0 Å². The highest BCUT2D eigenvalue weighted by Gasteiger charge is 2.63. The number of hydrogen-bond donors (Lipinski definition) is 0. The third kappa shape index (κ3) is 2.18. The second-order valence-corrected chi connectivity index (χ2v) is 11.2. The third-order valence-electron chi connectivity index (χ3n) is 10.4. The van der Waals surface area contributed by atoms with E-state index in [4.69, 9.17) is 0 Å². The average molecular weight is 357 g/mol. The topological polar surface area (TPSA) is 6.48 Å². The molecular formula is C24H40N2. The fourth-order valence-corrected chi connectivity index (χ4v) is 8.88. The van der Waals surface area contributed by atoms with Gasteiger partial charge in [-0.1, -0.05) is 18.6 Å². The summed E-state index contributed by atoms with van der Waals surface area (Å²) in [6.45, 7) is 6.56. The Balaban J connectivity index is 1.45. The van der Waals surface area contributed by atoms with Gasteiger partial charge < -0.3 is 9.80 Å². The molecule has 0 aromatic heterocycles. The summed E-state index contributed by atoms with van der Waals surface area (Å²) in [6, 6.07) is 1.60. The van der Waals surface area contributed by atoms with Crippen LogP contribution in [0.5, 0.6) is 0 Å². The molecule has 1 heterocycles. The molecule has 1 spiro atoms. The molecule has 0 amide bonds. The first-order chi connectivity index (χ1) is 12.4. The zero-order chi connectivity index (χ0) is 18.3. The van der Waals surface area contributed by atoms with Crippen LogP contribution in [0.1, 0.15) is 65.2 Å². The Hall–Kier alpha value is -0.340. The molecule has 26 heavy (non-hydrogen) atoms. The zero-order valence-corrected chi connectivity index (χ0v) is 17.8. The van der Waals surface area contributed by atoms with Crippen molar-refractivity contribution < 1.29 is 0 Å². The lowest BCUT2D eigenvalue weighted by Gasteiger charge is -2.58. The van der Waals surface area contributed by atoms with Crippen LogP contribution in [0.25, 0.3) is 0 Å². The Morgan fingerprint density at radius 1 is 1.04 bits per heavy atom. The summed E-state index contributed by atoms with van der Waals surface area (Å²) in [5.74, 6) is 3.96. The Morgan fingerprint density at radius 3 is 2.58 bits per heavy atom. The largest absolute Gasteiger partial charge is 0.306 e. The van der Waals surface area contributed by atoms with Crippen LogP contribution in [-0.4, -0.2) is 49.6 Å². The molecule has 0 aromatic carbocycles. The highest BCUT2D eigenvalue weighted by molar-refractivity contribution is 5.26. The smallest absolute Gasteiger partial charge is 0.0127 e. The quantitative estimate of drug-likeness (QED) is 0.622. The van der Waals surface area contributed by atoms with Crippen molar-refractivity contribution in [2.45, 2.75) is 77.3 Å². The molecule has 0 aromatic rings. The summed E-state index contributed by atoms with van der Waals surface area (Å²) < 4.78 is 0. The molecule has 5 rings (SSSR count). The van der Waals surface area contributed by atoms with E-state index in [0.29, 0.717) is 10.8 Å². The molecule has 0 N–H and O–H groups in total. The van der Waals surface area contributed by atoms with Gasteiger partial charge >= 0.3 is 0 Å². The van der Waals surface area contributed by atoms with Crippen molar-refractivity contribution in [1.82, 2.24) is 9.80 Å². The van der Waals surface area contributed by atoms with E-state index in [1.54, 1.807) is 0 Å². The van der Waals surface area contributed by atoms with Gasteiger partial charge in [-0.3, -0.25) is 0 Å². The van der Waals surface area contributed by atoms with Gasteiger partial charge in [0.2, 0.25) is 0 Å². The fraction of sp³-hybridized carbons (Fsp3) is 0.917. The van der Waals surface area contributed by atoms with Gasteiger partial charge in [0.25, 0.3) is 0 Å². The molecule has 3 saturated carbocycles. The van der Waals surface area contributed by atoms with Crippen molar-refractivity contribution in [3.8, 4) is 0 Å². The van der Waals surface area contributed by atoms with E-state index < -0.39 is 0 Å². The van der Waals surface area contributed by atoms with Crippen molar-refractivity contribution in [2.24, 2.45) is 34.5 Å². The van der Waals surface area contributed by atoms with Crippen LogP contribution in [0, 0.1) is 34.5 Å². The minimum atomic E-state index is 0.519. The summed E-state index contributed by atoms with van der Waals surface area (Å²) >= 11 is 0. The van der Waals surface area contributed by atoms with E-state index in [1.807, 2.05) is 5.57 Å². The molecule has 0 radical (unpaired) electrons. The predicted molar refractivity (Wildman–Crippen MR) is 109 cm³/mol. The Bertz CT molecular complexity index is 609. The van der Waals surface area contributed by atoms with Gasteiger partial charge in [0.15, 0.2) is 0 Å². The van der Waals surface area contributed by atoms with Gasteiger partial charge in [-0.15, -0.1) is 0 Å². The molecule has 4 aliphatic carbocycles. The molecule has 8 atom stereocenters. The maximum Gasteiger partial charge on any atom is 0.0127 e. The van der Waals surface area contributed by atoms with Crippen molar-refractivity contribution in [1.29, 1.82) is 0 Å².